The van der Waals surface area contributed by atoms with Gasteiger partial charge in [0.25, 0.3) is 0 Å². The van der Waals surface area contributed by atoms with E-state index in [1.54, 1.807) is 0 Å². The van der Waals surface area contributed by atoms with Crippen LogP contribution in [0.25, 0.3) is 0 Å². The van der Waals surface area contributed by atoms with E-state index in [9.17, 15) is 0 Å². The minimum absolute atomic E-state index is 0.120. The molecule has 2 atom stereocenters. The third-order valence-electron chi connectivity index (χ3n) is 1.35. The van der Waals surface area contributed by atoms with Gasteiger partial charge in [0, 0.05) is 0 Å². The van der Waals surface area contributed by atoms with E-state index in [1.807, 2.05) is 0 Å². The predicted molar refractivity (Wildman–Crippen MR) is 32.3 cm³/mol. The maximum absolute atomic E-state index is 5.09. The Morgan fingerprint density at radius 2 is 2.25 bits per heavy atom. The van der Waals surface area contributed by atoms with Gasteiger partial charge in [-0.2, -0.15) is 0 Å². The summed E-state index contributed by atoms with van der Waals surface area (Å²) in [6, 6.07) is 0. The third kappa shape index (κ3) is 0.850. The molecular weight excluding hydrogens is 100 g/mol. The van der Waals surface area contributed by atoms with Gasteiger partial charge in [-0.25, -0.2) is 0 Å². The maximum atomic E-state index is 5.09. The zero-order chi connectivity index (χ0) is 6.15. The Kier molecular flexibility index (Phi) is 1.27. The van der Waals surface area contributed by atoms with Crippen LogP contribution in [-0.4, -0.2) is 12.2 Å². The van der Waals surface area contributed by atoms with Crippen molar-refractivity contribution < 1.29 is 4.74 Å². The first-order valence-corrected chi connectivity index (χ1v) is 2.87. The SMILES string of the molecule is C#C[C@H]1O[C@H]1C(C)C. The highest BCUT2D eigenvalue weighted by Gasteiger charge is 2.39. The highest BCUT2D eigenvalue weighted by Crippen LogP contribution is 2.27. The molecule has 1 saturated heterocycles. The zero-order valence-electron chi connectivity index (χ0n) is 5.22. The molecule has 1 aliphatic heterocycles. The van der Waals surface area contributed by atoms with Gasteiger partial charge in [-0.3, -0.25) is 0 Å². The van der Waals surface area contributed by atoms with Crippen LogP contribution in [0.5, 0.6) is 0 Å². The van der Waals surface area contributed by atoms with Crippen molar-refractivity contribution in [2.75, 3.05) is 0 Å². The lowest BCUT2D eigenvalue weighted by Gasteiger charge is -1.92. The molecule has 0 aromatic rings. The summed E-state index contributed by atoms with van der Waals surface area (Å²) in [5.41, 5.74) is 0. The Bertz CT molecular complexity index is 121. The summed E-state index contributed by atoms with van der Waals surface area (Å²) in [5, 5.41) is 0. The maximum Gasteiger partial charge on any atom is 0.144 e. The quantitative estimate of drug-likeness (QED) is 0.363. The zero-order valence-corrected chi connectivity index (χ0v) is 5.22. The molecule has 1 nitrogen and oxygen atoms in total. The monoisotopic (exact) mass is 110 g/mol. The predicted octanol–water partition coefficient (Wildman–Crippen LogP) is 1.04. The molecule has 1 rings (SSSR count). The van der Waals surface area contributed by atoms with Gasteiger partial charge in [0.2, 0.25) is 0 Å². The average molecular weight is 110 g/mol. The van der Waals surface area contributed by atoms with Crippen molar-refractivity contribution in [1.82, 2.24) is 0 Å². The van der Waals surface area contributed by atoms with Gasteiger partial charge in [0.15, 0.2) is 0 Å². The molecule has 1 heterocycles. The van der Waals surface area contributed by atoms with Crippen molar-refractivity contribution in [3.05, 3.63) is 0 Å². The molecule has 8 heavy (non-hydrogen) atoms. The Hall–Kier alpha value is -0.480. The van der Waals surface area contributed by atoms with Crippen molar-refractivity contribution >= 4 is 0 Å². The number of hydrogen-bond donors (Lipinski definition) is 0. The first-order valence-electron chi connectivity index (χ1n) is 2.87. The summed E-state index contributed by atoms with van der Waals surface area (Å²) < 4.78 is 5.09. The van der Waals surface area contributed by atoms with E-state index in [0.717, 1.165) is 0 Å². The fourth-order valence-electron chi connectivity index (χ4n) is 0.765. The minimum atomic E-state index is 0.120. The van der Waals surface area contributed by atoms with Crippen molar-refractivity contribution in [3.8, 4) is 12.3 Å². The standard InChI is InChI=1S/C7H10O/c1-4-6-7(8-6)5(2)3/h1,5-7H,2-3H3/t6-,7+/m1/s1. The van der Waals surface area contributed by atoms with Crippen LogP contribution in [0, 0.1) is 18.3 Å². The van der Waals surface area contributed by atoms with Crippen LogP contribution < -0.4 is 0 Å². The molecule has 0 aromatic carbocycles. The Morgan fingerprint density at radius 3 is 2.38 bits per heavy atom. The molecule has 0 N–H and O–H groups in total. The largest absolute Gasteiger partial charge is 0.356 e. The first kappa shape index (κ1) is 5.65. The molecule has 0 radical (unpaired) electrons. The molecule has 0 spiro atoms. The topological polar surface area (TPSA) is 12.5 Å². The molecule has 0 unspecified atom stereocenters. The van der Waals surface area contributed by atoms with Crippen molar-refractivity contribution in [2.45, 2.75) is 26.1 Å². The number of epoxide rings is 1. The van der Waals surface area contributed by atoms with Crippen molar-refractivity contribution in [2.24, 2.45) is 5.92 Å². The molecular formula is C7H10O. The van der Waals surface area contributed by atoms with Gasteiger partial charge in [0.1, 0.15) is 6.10 Å². The number of terminal acetylenes is 1. The number of rotatable bonds is 1. The van der Waals surface area contributed by atoms with Gasteiger partial charge in [0.05, 0.1) is 6.10 Å². The second-order valence-electron chi connectivity index (χ2n) is 2.43. The van der Waals surface area contributed by atoms with E-state index in [2.05, 4.69) is 19.8 Å². The van der Waals surface area contributed by atoms with Gasteiger partial charge >= 0.3 is 0 Å². The molecule has 0 bridgehead atoms. The lowest BCUT2D eigenvalue weighted by Crippen LogP contribution is -1.99. The molecule has 0 amide bonds. The minimum Gasteiger partial charge on any atom is -0.356 e. The van der Waals surface area contributed by atoms with Crippen LogP contribution in [0.2, 0.25) is 0 Å². The summed E-state index contributed by atoms with van der Waals surface area (Å²) in [5.74, 6) is 3.13. The third-order valence-corrected chi connectivity index (χ3v) is 1.35. The first-order chi connectivity index (χ1) is 3.75. The summed E-state index contributed by atoms with van der Waals surface area (Å²) in [7, 11) is 0. The molecule has 0 aliphatic carbocycles. The molecule has 1 fully saturated rings. The van der Waals surface area contributed by atoms with Gasteiger partial charge in [-0.05, 0) is 5.92 Å². The van der Waals surface area contributed by atoms with Gasteiger partial charge in [-0.15, -0.1) is 6.42 Å². The molecule has 44 valence electrons. The fraction of sp³-hybridized carbons (Fsp3) is 0.714. The van der Waals surface area contributed by atoms with Crippen molar-refractivity contribution in [1.29, 1.82) is 0 Å². The number of hydrogen-bond acceptors (Lipinski definition) is 1. The van der Waals surface area contributed by atoms with Gasteiger partial charge in [-0.1, -0.05) is 19.8 Å². The van der Waals surface area contributed by atoms with Crippen LogP contribution in [0.4, 0.5) is 0 Å². The Balaban J connectivity index is 2.29. The van der Waals surface area contributed by atoms with Crippen LogP contribution in [0.1, 0.15) is 13.8 Å². The van der Waals surface area contributed by atoms with E-state index in [1.165, 1.54) is 0 Å². The lowest BCUT2D eigenvalue weighted by molar-refractivity contribution is 0.347. The highest BCUT2D eigenvalue weighted by molar-refractivity contribution is 5.08. The highest BCUT2D eigenvalue weighted by atomic mass is 16.6. The van der Waals surface area contributed by atoms with E-state index >= 15 is 0 Å². The van der Waals surface area contributed by atoms with Crippen LogP contribution in [0.3, 0.4) is 0 Å². The number of ether oxygens (including phenoxy) is 1. The lowest BCUT2D eigenvalue weighted by atomic mass is 10.1. The van der Waals surface area contributed by atoms with E-state index in [0.29, 0.717) is 12.0 Å². The van der Waals surface area contributed by atoms with E-state index < -0.39 is 0 Å². The molecule has 0 saturated carbocycles. The second-order valence-corrected chi connectivity index (χ2v) is 2.43. The van der Waals surface area contributed by atoms with Gasteiger partial charge < -0.3 is 4.74 Å². The summed E-state index contributed by atoms with van der Waals surface area (Å²) >= 11 is 0. The fourth-order valence-corrected chi connectivity index (χ4v) is 0.765. The van der Waals surface area contributed by atoms with Crippen LogP contribution in [0.15, 0.2) is 0 Å². The summed E-state index contributed by atoms with van der Waals surface area (Å²) in [6.07, 6.45) is 5.55. The normalized spacial score (nSPS) is 34.8. The Morgan fingerprint density at radius 1 is 1.62 bits per heavy atom. The molecule has 1 aliphatic rings. The van der Waals surface area contributed by atoms with Crippen molar-refractivity contribution in [3.63, 3.8) is 0 Å². The summed E-state index contributed by atoms with van der Waals surface area (Å²) in [6.45, 7) is 4.23. The average Bonchev–Trinajstić information content (AvgIpc) is 2.42. The van der Waals surface area contributed by atoms with Crippen LogP contribution in [-0.2, 0) is 4.74 Å². The van der Waals surface area contributed by atoms with E-state index in [4.69, 9.17) is 11.2 Å². The van der Waals surface area contributed by atoms with Crippen LogP contribution >= 0.6 is 0 Å². The van der Waals surface area contributed by atoms with E-state index in [-0.39, 0.29) is 6.10 Å². The second kappa shape index (κ2) is 1.80. The molecule has 0 aromatic heterocycles. The summed E-state index contributed by atoms with van der Waals surface area (Å²) in [4.78, 5) is 0. The Labute approximate surface area is 50.0 Å². The smallest absolute Gasteiger partial charge is 0.144 e. The molecule has 1 heteroatoms.